The van der Waals surface area contributed by atoms with Crippen LogP contribution in [0.3, 0.4) is 0 Å². The predicted molar refractivity (Wildman–Crippen MR) is 149 cm³/mol. The summed E-state index contributed by atoms with van der Waals surface area (Å²) in [5, 5.41) is 14.9. The smallest absolute Gasteiger partial charge is 0.354 e. The van der Waals surface area contributed by atoms with Crippen LogP contribution in [0.15, 0.2) is 59.1 Å². The number of carbonyl (C=O) groups is 1. The third-order valence-corrected chi connectivity index (χ3v) is 8.75. The number of aromatic nitrogens is 2. The number of aryl methyl sites for hydroxylation is 2. The summed E-state index contributed by atoms with van der Waals surface area (Å²) in [6.07, 6.45) is 8.23. The maximum absolute atomic E-state index is 11.4. The average molecular weight is 506 g/mol. The summed E-state index contributed by atoms with van der Waals surface area (Å²) < 4.78 is 5.97. The van der Waals surface area contributed by atoms with E-state index < -0.39 is 5.97 Å². The van der Waals surface area contributed by atoms with Gasteiger partial charge in [0.2, 0.25) is 0 Å². The van der Waals surface area contributed by atoms with Crippen molar-refractivity contribution in [2.45, 2.75) is 51.9 Å². The normalized spacial score (nSPS) is 18.5. The molecule has 2 aromatic carbocycles. The van der Waals surface area contributed by atoms with Gasteiger partial charge < -0.3 is 14.5 Å². The Hall–Kier alpha value is -3.93. The number of piperidine rings is 1. The lowest BCUT2D eigenvalue weighted by atomic mass is 9.63. The fraction of sp³-hybridized carbons (Fsp3) is 0.344. The zero-order valence-electron chi connectivity index (χ0n) is 21.8. The molecule has 1 saturated heterocycles. The molecule has 3 aliphatic rings. The number of pyridine rings is 1. The number of allylic oxidation sites excluding steroid dienone is 2. The van der Waals surface area contributed by atoms with Gasteiger partial charge in [-0.15, -0.1) is 0 Å². The van der Waals surface area contributed by atoms with Gasteiger partial charge in [0.1, 0.15) is 17.1 Å². The van der Waals surface area contributed by atoms with E-state index in [1.54, 1.807) is 6.07 Å². The number of hydrogen-bond donors (Lipinski definition) is 1. The molecule has 1 aliphatic heterocycles. The molecule has 0 atom stereocenters. The van der Waals surface area contributed by atoms with E-state index >= 15 is 0 Å². The summed E-state index contributed by atoms with van der Waals surface area (Å²) in [6.45, 7) is 6.10. The molecule has 6 nitrogen and oxygen atoms in total. The van der Waals surface area contributed by atoms with E-state index in [0.717, 1.165) is 60.3 Å². The predicted octanol–water partition coefficient (Wildman–Crippen LogP) is 7.16. The quantitative estimate of drug-likeness (QED) is 0.310. The number of fused-ring (bicyclic) bond motifs is 1. The van der Waals surface area contributed by atoms with Crippen LogP contribution in [0.4, 0.5) is 5.69 Å². The van der Waals surface area contributed by atoms with E-state index in [1.165, 1.54) is 40.8 Å². The first-order valence-corrected chi connectivity index (χ1v) is 13.6. The molecule has 1 saturated carbocycles. The molecule has 7 rings (SSSR count). The monoisotopic (exact) mass is 505 g/mol. The Kier molecular flexibility index (Phi) is 5.22. The van der Waals surface area contributed by atoms with Gasteiger partial charge in [-0.3, -0.25) is 0 Å². The Balaban J connectivity index is 1.13. The highest BCUT2D eigenvalue weighted by molar-refractivity contribution is 5.92. The topological polar surface area (TPSA) is 79.5 Å². The Labute approximate surface area is 222 Å². The molecule has 0 bridgehead atoms. The van der Waals surface area contributed by atoms with E-state index in [1.807, 2.05) is 13.0 Å². The number of aromatic carboxylic acids is 1. The second-order valence-electron chi connectivity index (χ2n) is 11.4. The minimum absolute atomic E-state index is 0.0958. The molecule has 4 aromatic rings. The third-order valence-electron chi connectivity index (χ3n) is 8.75. The van der Waals surface area contributed by atoms with Crippen LogP contribution in [0, 0.1) is 19.3 Å². The molecule has 2 aromatic heterocycles. The zero-order valence-corrected chi connectivity index (χ0v) is 21.8. The molecule has 0 amide bonds. The Morgan fingerprint density at radius 3 is 2.53 bits per heavy atom. The minimum atomic E-state index is -0.991. The Morgan fingerprint density at radius 2 is 1.82 bits per heavy atom. The fourth-order valence-electron chi connectivity index (χ4n) is 6.36. The molecule has 1 spiro atoms. The highest BCUT2D eigenvalue weighted by Crippen LogP contribution is 2.55. The van der Waals surface area contributed by atoms with E-state index in [-0.39, 0.29) is 11.1 Å². The molecule has 0 unspecified atom stereocenters. The van der Waals surface area contributed by atoms with Crippen LogP contribution in [-0.2, 0) is 0 Å². The van der Waals surface area contributed by atoms with Crippen molar-refractivity contribution in [3.63, 3.8) is 0 Å². The van der Waals surface area contributed by atoms with Crippen LogP contribution in [-0.4, -0.2) is 34.3 Å². The number of carboxylic acid groups (broad SMARTS) is 1. The van der Waals surface area contributed by atoms with Gasteiger partial charge >= 0.3 is 5.97 Å². The number of nitrogens with zero attached hydrogens (tertiary/aromatic N) is 3. The summed E-state index contributed by atoms with van der Waals surface area (Å²) in [7, 11) is 0. The zero-order chi connectivity index (χ0) is 26.0. The molecule has 3 heterocycles. The largest absolute Gasteiger partial charge is 0.477 e. The highest BCUT2D eigenvalue weighted by Gasteiger charge is 2.43. The van der Waals surface area contributed by atoms with Crippen LogP contribution in [0.25, 0.3) is 27.7 Å². The van der Waals surface area contributed by atoms with E-state index in [2.05, 4.69) is 64.4 Å². The second kappa shape index (κ2) is 8.55. The molecule has 6 heteroatoms. The van der Waals surface area contributed by atoms with Gasteiger partial charge in [-0.05, 0) is 92.3 Å². The molecule has 0 radical (unpaired) electrons. The van der Waals surface area contributed by atoms with Crippen molar-refractivity contribution in [2.75, 3.05) is 18.0 Å². The van der Waals surface area contributed by atoms with Crippen molar-refractivity contribution in [2.24, 2.45) is 5.41 Å². The van der Waals surface area contributed by atoms with Crippen LogP contribution < -0.4 is 4.90 Å². The van der Waals surface area contributed by atoms with Crippen molar-refractivity contribution >= 4 is 28.1 Å². The third kappa shape index (κ3) is 3.82. The molecule has 2 aliphatic carbocycles. The Morgan fingerprint density at radius 1 is 1.05 bits per heavy atom. The van der Waals surface area contributed by atoms with Crippen LogP contribution >= 0.6 is 0 Å². The summed E-state index contributed by atoms with van der Waals surface area (Å²) in [5.74, 6) is 0.620. The van der Waals surface area contributed by atoms with Gasteiger partial charge in [0.15, 0.2) is 0 Å². The summed E-state index contributed by atoms with van der Waals surface area (Å²) in [6, 6.07) is 16.3. The number of carboxylic acids is 1. The number of benzene rings is 2. The van der Waals surface area contributed by atoms with Gasteiger partial charge in [0.05, 0.1) is 5.52 Å². The highest BCUT2D eigenvalue weighted by atomic mass is 16.5. The fourth-order valence-corrected chi connectivity index (χ4v) is 6.36. The lowest BCUT2D eigenvalue weighted by Gasteiger charge is -2.47. The number of anilines is 1. The maximum atomic E-state index is 11.4. The summed E-state index contributed by atoms with van der Waals surface area (Å²) >= 11 is 0. The summed E-state index contributed by atoms with van der Waals surface area (Å²) in [5.41, 5.74) is 9.27. The van der Waals surface area contributed by atoms with Gasteiger partial charge in [-0.1, -0.05) is 35.5 Å². The summed E-state index contributed by atoms with van der Waals surface area (Å²) in [4.78, 5) is 18.2. The first-order valence-electron chi connectivity index (χ1n) is 13.6. The van der Waals surface area contributed by atoms with E-state index in [9.17, 15) is 9.90 Å². The van der Waals surface area contributed by atoms with Crippen molar-refractivity contribution in [3.05, 3.63) is 82.8 Å². The first-order chi connectivity index (χ1) is 18.4. The van der Waals surface area contributed by atoms with Crippen molar-refractivity contribution < 1.29 is 14.4 Å². The molecule has 38 heavy (non-hydrogen) atoms. The van der Waals surface area contributed by atoms with Gasteiger partial charge in [-0.25, -0.2) is 9.78 Å². The lowest BCUT2D eigenvalue weighted by molar-refractivity contribution is 0.0691. The maximum Gasteiger partial charge on any atom is 0.354 e. The van der Waals surface area contributed by atoms with Crippen LogP contribution in [0.2, 0.25) is 0 Å². The first kappa shape index (κ1) is 23.2. The minimum Gasteiger partial charge on any atom is -0.477 e. The number of hydrogen-bond acceptors (Lipinski definition) is 5. The van der Waals surface area contributed by atoms with Gasteiger partial charge in [0.25, 0.3) is 0 Å². The van der Waals surface area contributed by atoms with Crippen LogP contribution in [0.5, 0.6) is 0 Å². The number of rotatable bonds is 5. The van der Waals surface area contributed by atoms with E-state index in [4.69, 9.17) is 4.52 Å². The van der Waals surface area contributed by atoms with Gasteiger partial charge in [0, 0.05) is 41.2 Å². The SMILES string of the molecule is Cc1ccccc1-c1noc(C2CC2)c1C1=CC2(CCN(c3ccc4nc(C(=O)O)cc(C)c4c3)CC2)C1. The van der Waals surface area contributed by atoms with Crippen molar-refractivity contribution in [3.8, 4) is 11.3 Å². The van der Waals surface area contributed by atoms with Crippen molar-refractivity contribution in [1.82, 2.24) is 10.1 Å². The molecular weight excluding hydrogens is 474 g/mol. The van der Waals surface area contributed by atoms with Crippen LogP contribution in [0.1, 0.15) is 71.0 Å². The van der Waals surface area contributed by atoms with E-state index in [0.29, 0.717) is 5.92 Å². The Bertz CT molecular complexity index is 1620. The standard InChI is InChI=1S/C32H31N3O3/c1-19-5-3-4-6-24(19)29-28(30(38-34-29)21-7-8-21)22-17-32(18-22)11-13-35(14-12-32)23-9-10-26-25(16-23)20(2)15-27(33-26)31(36)37/h3-6,9-10,15-17,21H,7-8,11-14,18H2,1-2H3,(H,36,37). The van der Waals surface area contributed by atoms with Crippen molar-refractivity contribution in [1.29, 1.82) is 0 Å². The molecule has 2 fully saturated rings. The second-order valence-corrected chi connectivity index (χ2v) is 11.4. The molecular formula is C32H31N3O3. The molecule has 1 N–H and O–H groups in total. The molecule has 192 valence electrons. The average Bonchev–Trinajstić information content (AvgIpc) is 3.66. The lowest BCUT2D eigenvalue weighted by Crippen LogP contribution is -2.42. The van der Waals surface area contributed by atoms with Gasteiger partial charge in [-0.2, -0.15) is 0 Å².